The van der Waals surface area contributed by atoms with Gasteiger partial charge in [-0.2, -0.15) is 0 Å². The lowest BCUT2D eigenvalue weighted by molar-refractivity contribution is -0.131. The van der Waals surface area contributed by atoms with Crippen molar-refractivity contribution in [2.75, 3.05) is 20.1 Å². The summed E-state index contributed by atoms with van der Waals surface area (Å²) in [6, 6.07) is 8.42. The minimum Gasteiger partial charge on any atom is -0.478 e. The summed E-state index contributed by atoms with van der Waals surface area (Å²) < 4.78 is 8.71. The highest BCUT2D eigenvalue weighted by Crippen LogP contribution is 2.34. The first kappa shape index (κ1) is 17.9. The van der Waals surface area contributed by atoms with Crippen molar-refractivity contribution in [1.82, 2.24) is 14.5 Å². The van der Waals surface area contributed by atoms with E-state index in [1.807, 2.05) is 12.3 Å². The molecule has 1 atom stereocenters. The topological polar surface area (TPSA) is 67.6 Å². The Morgan fingerprint density at radius 1 is 1.26 bits per heavy atom. The van der Waals surface area contributed by atoms with Gasteiger partial charge in [0.05, 0.1) is 11.8 Å². The normalized spacial score (nSPS) is 21.0. The molecule has 27 heavy (non-hydrogen) atoms. The number of piperidine rings is 1. The van der Waals surface area contributed by atoms with E-state index in [0.717, 1.165) is 50.8 Å². The molecule has 1 fully saturated rings. The van der Waals surface area contributed by atoms with Crippen molar-refractivity contribution in [2.45, 2.75) is 38.0 Å². The number of aryl methyl sites for hydroxylation is 2. The van der Waals surface area contributed by atoms with E-state index in [-0.39, 0.29) is 12.2 Å². The Morgan fingerprint density at radius 3 is 2.81 bits per heavy atom. The zero-order valence-electron chi connectivity index (χ0n) is 15.5. The van der Waals surface area contributed by atoms with Gasteiger partial charge in [0.25, 0.3) is 0 Å². The smallest absolute Gasteiger partial charge is 0.328 e. The van der Waals surface area contributed by atoms with E-state index in [4.69, 9.17) is 14.8 Å². The number of hydrogen-bond acceptors (Lipinski definition) is 4. The highest BCUT2D eigenvalue weighted by Gasteiger charge is 2.30. The molecule has 2 aromatic rings. The molecule has 1 saturated heterocycles. The third-order valence-electron chi connectivity index (χ3n) is 5.41. The summed E-state index contributed by atoms with van der Waals surface area (Å²) >= 11 is 0. The lowest BCUT2D eigenvalue weighted by Gasteiger charge is -2.32. The number of nitrogens with zero attached hydrogens (tertiary/aromatic N) is 3. The van der Waals surface area contributed by atoms with Crippen molar-refractivity contribution in [3.63, 3.8) is 0 Å². The van der Waals surface area contributed by atoms with Crippen LogP contribution >= 0.6 is 0 Å². The van der Waals surface area contributed by atoms with Gasteiger partial charge >= 0.3 is 5.97 Å². The van der Waals surface area contributed by atoms with E-state index in [1.54, 1.807) is 6.08 Å². The highest BCUT2D eigenvalue weighted by molar-refractivity contribution is 5.84. The highest BCUT2D eigenvalue weighted by atomic mass is 16.5. The van der Waals surface area contributed by atoms with Gasteiger partial charge in [-0.05, 0) is 43.5 Å². The molecule has 1 unspecified atom stereocenters. The second-order valence-electron chi connectivity index (χ2n) is 7.36. The Kier molecular flexibility index (Phi) is 5.09. The van der Waals surface area contributed by atoms with E-state index in [1.165, 1.54) is 11.1 Å². The van der Waals surface area contributed by atoms with Crippen LogP contribution in [-0.4, -0.2) is 51.8 Å². The molecule has 1 aromatic heterocycles. The summed E-state index contributed by atoms with van der Waals surface area (Å²) in [6.45, 7) is 2.90. The molecule has 1 N–H and O–H groups in total. The predicted molar refractivity (Wildman–Crippen MR) is 102 cm³/mol. The number of hydrogen-bond donors (Lipinski definition) is 1. The molecule has 2 aliphatic rings. The number of aliphatic carboxylic acids is 1. The van der Waals surface area contributed by atoms with Crippen molar-refractivity contribution < 1.29 is 14.6 Å². The quantitative estimate of drug-likeness (QED) is 0.842. The van der Waals surface area contributed by atoms with Crippen LogP contribution in [0.5, 0.6) is 0 Å². The molecule has 0 spiro atoms. The maximum atomic E-state index is 10.8. The molecule has 0 bridgehead atoms. The zero-order valence-corrected chi connectivity index (χ0v) is 15.5. The Morgan fingerprint density at radius 2 is 2.04 bits per heavy atom. The molecular weight excluding hydrogens is 342 g/mol. The summed E-state index contributed by atoms with van der Waals surface area (Å²) in [6.07, 6.45) is 7.53. The predicted octanol–water partition coefficient (Wildman–Crippen LogP) is 2.74. The van der Waals surface area contributed by atoms with Gasteiger partial charge in [-0.25, -0.2) is 9.78 Å². The largest absolute Gasteiger partial charge is 0.478 e. The monoisotopic (exact) mass is 367 g/mol. The molecule has 3 heterocycles. The van der Waals surface area contributed by atoms with Crippen molar-refractivity contribution >= 4 is 12.0 Å². The maximum Gasteiger partial charge on any atom is 0.328 e. The Labute approximate surface area is 159 Å². The first-order valence-corrected chi connectivity index (χ1v) is 9.50. The number of carboxylic acid groups (broad SMARTS) is 1. The van der Waals surface area contributed by atoms with Crippen LogP contribution in [0.25, 0.3) is 6.08 Å². The number of ether oxygens (including phenoxy) is 1. The molecule has 4 rings (SSSR count). The van der Waals surface area contributed by atoms with Crippen LogP contribution < -0.4 is 0 Å². The number of carboxylic acids is 1. The van der Waals surface area contributed by atoms with Crippen LogP contribution in [0, 0.1) is 0 Å². The fourth-order valence-corrected chi connectivity index (χ4v) is 3.92. The van der Waals surface area contributed by atoms with Crippen LogP contribution in [0.15, 0.2) is 36.5 Å². The second kappa shape index (κ2) is 7.66. The Balaban J connectivity index is 1.68. The molecule has 0 radical (unpaired) electrons. The van der Waals surface area contributed by atoms with Gasteiger partial charge in [-0.1, -0.05) is 24.3 Å². The Hall–Kier alpha value is -2.44. The fourth-order valence-electron chi connectivity index (χ4n) is 3.92. The van der Waals surface area contributed by atoms with Gasteiger partial charge in [0.2, 0.25) is 0 Å². The van der Waals surface area contributed by atoms with Crippen molar-refractivity contribution in [1.29, 1.82) is 0 Å². The van der Waals surface area contributed by atoms with Gasteiger partial charge in [0.1, 0.15) is 11.9 Å². The molecule has 142 valence electrons. The molecule has 0 amide bonds. The lowest BCUT2D eigenvalue weighted by Crippen LogP contribution is -2.35. The molecule has 0 aliphatic carbocycles. The summed E-state index contributed by atoms with van der Waals surface area (Å²) in [5.74, 6) is -0.105. The van der Waals surface area contributed by atoms with E-state index in [9.17, 15) is 4.79 Å². The standard InChI is InChI=1S/C21H25N3O3/c1-23-11-9-17(10-12-23)27-20-18-5-3-2-4-15(18)8-13-24-14-16(22-21(20)24)6-7-19(25)26/h2-7,14,17,20H,8-13H2,1H3,(H,25,26). The molecular formula is C21H25N3O3. The molecule has 0 saturated carbocycles. The van der Waals surface area contributed by atoms with Gasteiger partial charge in [0.15, 0.2) is 0 Å². The van der Waals surface area contributed by atoms with Gasteiger partial charge in [-0.15, -0.1) is 0 Å². The summed E-state index contributed by atoms with van der Waals surface area (Å²) in [4.78, 5) is 17.9. The van der Waals surface area contributed by atoms with Gasteiger partial charge in [-0.3, -0.25) is 0 Å². The van der Waals surface area contributed by atoms with Gasteiger partial charge in [0, 0.05) is 31.9 Å². The summed E-state index contributed by atoms with van der Waals surface area (Å²) in [7, 11) is 2.14. The SMILES string of the molecule is CN1CCC(OC2c3ccccc3CCn3cc(C=CC(=O)O)nc32)CC1. The van der Waals surface area contributed by atoms with Crippen LogP contribution in [0.2, 0.25) is 0 Å². The number of fused-ring (bicyclic) bond motifs is 2. The first-order chi connectivity index (χ1) is 13.1. The first-order valence-electron chi connectivity index (χ1n) is 9.50. The van der Waals surface area contributed by atoms with E-state index < -0.39 is 5.97 Å². The molecule has 2 aliphatic heterocycles. The zero-order chi connectivity index (χ0) is 18.8. The van der Waals surface area contributed by atoms with E-state index >= 15 is 0 Å². The minimum atomic E-state index is -0.970. The number of imidazole rings is 1. The van der Waals surface area contributed by atoms with Crippen LogP contribution in [0.4, 0.5) is 0 Å². The molecule has 1 aromatic carbocycles. The average Bonchev–Trinajstić information content (AvgIpc) is 3.02. The van der Waals surface area contributed by atoms with E-state index in [2.05, 4.69) is 34.7 Å². The van der Waals surface area contributed by atoms with Crippen molar-refractivity contribution in [2.24, 2.45) is 0 Å². The third kappa shape index (κ3) is 3.96. The minimum absolute atomic E-state index is 0.209. The number of aromatic nitrogens is 2. The molecule has 6 heteroatoms. The summed E-state index contributed by atoms with van der Waals surface area (Å²) in [5.41, 5.74) is 3.13. The third-order valence-corrected chi connectivity index (χ3v) is 5.41. The number of benzene rings is 1. The lowest BCUT2D eigenvalue weighted by atomic mass is 10.00. The number of likely N-dealkylation sites (tertiary alicyclic amines) is 1. The van der Waals surface area contributed by atoms with Crippen LogP contribution in [0.1, 0.15) is 41.6 Å². The van der Waals surface area contributed by atoms with Crippen LogP contribution in [-0.2, 0) is 22.5 Å². The second-order valence-corrected chi connectivity index (χ2v) is 7.36. The summed E-state index contributed by atoms with van der Waals surface area (Å²) in [5, 5.41) is 8.89. The van der Waals surface area contributed by atoms with Crippen LogP contribution in [0.3, 0.4) is 0 Å². The van der Waals surface area contributed by atoms with Gasteiger partial charge < -0.3 is 19.3 Å². The number of rotatable bonds is 4. The Bertz CT molecular complexity index is 850. The average molecular weight is 367 g/mol. The number of carbonyl (C=O) groups is 1. The van der Waals surface area contributed by atoms with E-state index in [0.29, 0.717) is 5.69 Å². The maximum absolute atomic E-state index is 10.8. The van der Waals surface area contributed by atoms with Crippen molar-refractivity contribution in [3.8, 4) is 0 Å². The molecule has 6 nitrogen and oxygen atoms in total. The van der Waals surface area contributed by atoms with Crippen molar-refractivity contribution in [3.05, 3.63) is 59.2 Å². The fraction of sp³-hybridized carbons (Fsp3) is 0.429.